The predicted molar refractivity (Wildman–Crippen MR) is 53.0 cm³/mol. The van der Waals surface area contributed by atoms with Crippen molar-refractivity contribution in [3.05, 3.63) is 24.0 Å². The Kier molecular flexibility index (Phi) is 3.03. The molecule has 0 radical (unpaired) electrons. The van der Waals surface area contributed by atoms with Crippen molar-refractivity contribution in [1.29, 1.82) is 0 Å². The number of aromatic amines is 1. The monoisotopic (exact) mass is 210 g/mol. The first-order valence-corrected chi connectivity index (χ1v) is 4.90. The molecule has 2 rings (SSSR count). The first-order chi connectivity index (χ1) is 7.31. The minimum absolute atomic E-state index is 0.241. The van der Waals surface area contributed by atoms with Gasteiger partial charge in [0.2, 0.25) is 0 Å². The van der Waals surface area contributed by atoms with Gasteiger partial charge in [0.05, 0.1) is 19.4 Å². The number of esters is 1. The maximum Gasteiger partial charge on any atom is 0.323 e. The van der Waals surface area contributed by atoms with E-state index in [-0.39, 0.29) is 18.2 Å². The molecular formula is C10H14N2O3. The van der Waals surface area contributed by atoms with E-state index >= 15 is 0 Å². The second-order valence-electron chi connectivity index (χ2n) is 3.41. The van der Waals surface area contributed by atoms with Crippen LogP contribution in [0, 0.1) is 0 Å². The van der Waals surface area contributed by atoms with Gasteiger partial charge < -0.3 is 14.5 Å². The zero-order valence-corrected chi connectivity index (χ0v) is 8.53. The van der Waals surface area contributed by atoms with Crippen LogP contribution in [-0.2, 0) is 14.3 Å². The van der Waals surface area contributed by atoms with Crippen molar-refractivity contribution in [2.45, 2.75) is 18.7 Å². The number of ether oxygens (including phenoxy) is 2. The van der Waals surface area contributed by atoms with E-state index in [4.69, 9.17) is 4.74 Å². The van der Waals surface area contributed by atoms with Crippen LogP contribution in [0.1, 0.15) is 18.3 Å². The molecular weight excluding hydrogens is 196 g/mol. The van der Waals surface area contributed by atoms with Gasteiger partial charge in [-0.1, -0.05) is 0 Å². The molecule has 1 aromatic rings. The zero-order valence-electron chi connectivity index (χ0n) is 8.53. The Morgan fingerprint density at radius 1 is 1.67 bits per heavy atom. The molecule has 0 aliphatic carbocycles. The third-order valence-corrected chi connectivity index (χ3v) is 2.43. The van der Waals surface area contributed by atoms with Gasteiger partial charge in [-0.2, -0.15) is 0 Å². The highest BCUT2D eigenvalue weighted by molar-refractivity contribution is 5.75. The number of rotatable bonds is 2. The fraction of sp³-hybridized carbons (Fsp3) is 0.500. The molecule has 2 heterocycles. The van der Waals surface area contributed by atoms with E-state index in [9.17, 15) is 4.79 Å². The van der Waals surface area contributed by atoms with Crippen molar-refractivity contribution in [2.75, 3.05) is 13.7 Å². The standard InChI is InChI=1S/C10H14N2O3/c1-14-10(13)8-4-6-15-9(12-8)7-3-2-5-11-7/h2-3,5,8-9,11-12H,4,6H2,1H3. The second kappa shape index (κ2) is 4.46. The van der Waals surface area contributed by atoms with Crippen molar-refractivity contribution in [3.8, 4) is 0 Å². The number of aromatic nitrogens is 1. The number of hydrogen-bond donors (Lipinski definition) is 2. The summed E-state index contributed by atoms with van der Waals surface area (Å²) >= 11 is 0. The topological polar surface area (TPSA) is 63.4 Å². The average Bonchev–Trinajstić information content (AvgIpc) is 2.82. The van der Waals surface area contributed by atoms with Gasteiger partial charge in [0.1, 0.15) is 12.3 Å². The van der Waals surface area contributed by atoms with Gasteiger partial charge >= 0.3 is 5.97 Å². The van der Waals surface area contributed by atoms with Crippen molar-refractivity contribution in [3.63, 3.8) is 0 Å². The van der Waals surface area contributed by atoms with Gasteiger partial charge in [-0.3, -0.25) is 10.1 Å². The Labute approximate surface area is 87.8 Å². The summed E-state index contributed by atoms with van der Waals surface area (Å²) in [5.41, 5.74) is 0.920. The molecule has 5 nitrogen and oxygen atoms in total. The smallest absolute Gasteiger partial charge is 0.323 e. The Balaban J connectivity index is 2.01. The van der Waals surface area contributed by atoms with Gasteiger partial charge in [-0.15, -0.1) is 0 Å². The number of carbonyl (C=O) groups is 1. The van der Waals surface area contributed by atoms with Gasteiger partial charge in [-0.25, -0.2) is 0 Å². The zero-order chi connectivity index (χ0) is 10.7. The molecule has 1 saturated heterocycles. The number of nitrogens with one attached hydrogen (secondary N) is 2. The molecule has 15 heavy (non-hydrogen) atoms. The lowest BCUT2D eigenvalue weighted by atomic mass is 10.1. The highest BCUT2D eigenvalue weighted by Crippen LogP contribution is 2.18. The van der Waals surface area contributed by atoms with Crippen molar-refractivity contribution in [1.82, 2.24) is 10.3 Å². The van der Waals surface area contributed by atoms with Gasteiger partial charge in [0.15, 0.2) is 0 Å². The Morgan fingerprint density at radius 2 is 2.53 bits per heavy atom. The number of carbonyl (C=O) groups excluding carboxylic acids is 1. The van der Waals surface area contributed by atoms with Crippen LogP contribution >= 0.6 is 0 Å². The van der Waals surface area contributed by atoms with Crippen molar-refractivity contribution >= 4 is 5.97 Å². The summed E-state index contributed by atoms with van der Waals surface area (Å²) in [4.78, 5) is 14.4. The van der Waals surface area contributed by atoms with Crippen LogP contribution in [0.4, 0.5) is 0 Å². The molecule has 0 amide bonds. The molecule has 1 aliphatic rings. The molecule has 0 aromatic carbocycles. The largest absolute Gasteiger partial charge is 0.468 e. The predicted octanol–water partition coefficient (Wildman–Crippen LogP) is 0.565. The minimum Gasteiger partial charge on any atom is -0.468 e. The Morgan fingerprint density at radius 3 is 3.20 bits per heavy atom. The summed E-state index contributed by atoms with van der Waals surface area (Å²) in [6.45, 7) is 0.552. The van der Waals surface area contributed by atoms with Gasteiger partial charge in [0.25, 0.3) is 0 Å². The maximum absolute atomic E-state index is 11.3. The van der Waals surface area contributed by atoms with Crippen molar-refractivity contribution < 1.29 is 14.3 Å². The summed E-state index contributed by atoms with van der Waals surface area (Å²) in [5.74, 6) is -0.241. The molecule has 0 bridgehead atoms. The molecule has 2 N–H and O–H groups in total. The van der Waals surface area contributed by atoms with Crippen LogP contribution in [0.2, 0.25) is 0 Å². The summed E-state index contributed by atoms with van der Waals surface area (Å²) in [5, 5.41) is 3.08. The first kappa shape index (κ1) is 10.2. The van der Waals surface area contributed by atoms with Crippen LogP contribution in [0.25, 0.3) is 0 Å². The summed E-state index contributed by atoms with van der Waals surface area (Å²) in [6, 6.07) is 3.52. The third kappa shape index (κ3) is 2.19. The molecule has 82 valence electrons. The molecule has 5 heteroatoms. The van der Waals surface area contributed by atoms with E-state index in [1.807, 2.05) is 18.3 Å². The quantitative estimate of drug-likeness (QED) is 0.700. The van der Waals surface area contributed by atoms with E-state index < -0.39 is 0 Å². The SMILES string of the molecule is COC(=O)C1CCOC(c2ccc[nH]2)N1. The first-order valence-electron chi connectivity index (χ1n) is 4.90. The summed E-state index contributed by atoms with van der Waals surface area (Å²) in [7, 11) is 1.39. The lowest BCUT2D eigenvalue weighted by Gasteiger charge is -2.29. The van der Waals surface area contributed by atoms with E-state index in [2.05, 4.69) is 15.0 Å². The van der Waals surface area contributed by atoms with Crippen LogP contribution in [0.3, 0.4) is 0 Å². The molecule has 1 aliphatic heterocycles. The van der Waals surface area contributed by atoms with E-state index in [0.717, 1.165) is 5.69 Å². The van der Waals surface area contributed by atoms with Crippen LogP contribution < -0.4 is 5.32 Å². The number of methoxy groups -OCH3 is 1. The molecule has 2 atom stereocenters. The number of H-pyrrole nitrogens is 1. The molecule has 2 unspecified atom stereocenters. The second-order valence-corrected chi connectivity index (χ2v) is 3.41. The average molecular weight is 210 g/mol. The van der Waals surface area contributed by atoms with E-state index in [1.165, 1.54) is 7.11 Å². The lowest BCUT2D eigenvalue weighted by Crippen LogP contribution is -2.45. The van der Waals surface area contributed by atoms with E-state index in [1.54, 1.807) is 0 Å². The Hall–Kier alpha value is -1.33. The lowest BCUT2D eigenvalue weighted by molar-refractivity contribution is -0.148. The molecule has 0 saturated carbocycles. The van der Waals surface area contributed by atoms with Gasteiger partial charge in [-0.05, 0) is 18.6 Å². The summed E-state index contributed by atoms with van der Waals surface area (Å²) in [6.07, 6.45) is 2.21. The Bertz CT molecular complexity index is 323. The van der Waals surface area contributed by atoms with Crippen LogP contribution in [-0.4, -0.2) is 30.7 Å². The minimum atomic E-state index is -0.281. The highest BCUT2D eigenvalue weighted by Gasteiger charge is 2.28. The third-order valence-electron chi connectivity index (χ3n) is 2.43. The highest BCUT2D eigenvalue weighted by atomic mass is 16.5. The van der Waals surface area contributed by atoms with Crippen LogP contribution in [0.15, 0.2) is 18.3 Å². The van der Waals surface area contributed by atoms with E-state index in [0.29, 0.717) is 13.0 Å². The molecule has 0 spiro atoms. The van der Waals surface area contributed by atoms with Crippen LogP contribution in [0.5, 0.6) is 0 Å². The van der Waals surface area contributed by atoms with Gasteiger partial charge in [0, 0.05) is 6.20 Å². The summed E-state index contributed by atoms with van der Waals surface area (Å²) < 4.78 is 10.2. The molecule has 1 fully saturated rings. The fourth-order valence-electron chi connectivity index (χ4n) is 1.63. The number of hydrogen-bond acceptors (Lipinski definition) is 4. The fourth-order valence-corrected chi connectivity index (χ4v) is 1.63. The molecule has 1 aromatic heterocycles. The maximum atomic E-state index is 11.3. The van der Waals surface area contributed by atoms with Crippen molar-refractivity contribution in [2.24, 2.45) is 0 Å². The normalized spacial score (nSPS) is 26.2.